The van der Waals surface area contributed by atoms with E-state index in [9.17, 15) is 14.9 Å². The number of non-ortho nitro benzene ring substituents is 1. The Morgan fingerprint density at radius 3 is 2.76 bits per heavy atom. The molecule has 21 heavy (non-hydrogen) atoms. The fraction of sp³-hybridized carbons (Fsp3) is 0.500. The molecule has 0 radical (unpaired) electrons. The predicted molar refractivity (Wildman–Crippen MR) is 80.5 cm³/mol. The molecule has 0 saturated heterocycles. The van der Waals surface area contributed by atoms with E-state index >= 15 is 0 Å². The average molecular weight is 315 g/mol. The van der Waals surface area contributed by atoms with Crippen molar-refractivity contribution in [1.82, 2.24) is 5.32 Å². The summed E-state index contributed by atoms with van der Waals surface area (Å²) in [6.45, 7) is 2.51. The molecule has 116 valence electrons. The zero-order chi connectivity index (χ0) is 15.8. The van der Waals surface area contributed by atoms with Crippen LogP contribution in [0.15, 0.2) is 18.2 Å². The van der Waals surface area contributed by atoms with Gasteiger partial charge in [0, 0.05) is 25.3 Å². The van der Waals surface area contributed by atoms with E-state index in [1.807, 2.05) is 6.92 Å². The Hall–Kier alpha value is -1.66. The van der Waals surface area contributed by atoms with Gasteiger partial charge in [-0.1, -0.05) is 24.9 Å². The molecule has 7 heteroatoms. The molecule has 0 aliphatic carbocycles. The van der Waals surface area contributed by atoms with Crippen LogP contribution in [0.5, 0.6) is 0 Å². The molecule has 0 saturated carbocycles. The molecule has 0 fully saturated rings. The normalized spacial score (nSPS) is 12.0. The maximum absolute atomic E-state index is 12.1. The van der Waals surface area contributed by atoms with Gasteiger partial charge >= 0.3 is 0 Å². The van der Waals surface area contributed by atoms with Crippen LogP contribution in [0.1, 0.15) is 36.5 Å². The Bertz CT molecular complexity index is 502. The first-order chi connectivity index (χ1) is 9.99. The Morgan fingerprint density at radius 1 is 1.48 bits per heavy atom. The van der Waals surface area contributed by atoms with E-state index in [4.69, 9.17) is 16.7 Å². The summed E-state index contributed by atoms with van der Waals surface area (Å²) in [5.74, 6) is -0.260. The molecule has 1 aromatic carbocycles. The number of carbonyl (C=O) groups excluding carboxylic acids is 1. The van der Waals surface area contributed by atoms with E-state index in [-0.39, 0.29) is 28.8 Å². The van der Waals surface area contributed by atoms with Gasteiger partial charge < -0.3 is 10.4 Å². The molecule has 0 aromatic heterocycles. The molecule has 1 aromatic rings. The predicted octanol–water partition coefficient (Wildman–Crippen LogP) is 2.78. The molecule has 0 bridgehead atoms. The first-order valence-corrected chi connectivity index (χ1v) is 7.20. The fourth-order valence-corrected chi connectivity index (χ4v) is 2.28. The van der Waals surface area contributed by atoms with Gasteiger partial charge in [-0.05, 0) is 24.8 Å². The summed E-state index contributed by atoms with van der Waals surface area (Å²) >= 11 is 5.91. The minimum Gasteiger partial charge on any atom is -0.396 e. The SMILES string of the molecule is CCCC(CCO)CNC(=O)c1cc([N+](=O)[O-])ccc1Cl. The molecule has 0 aliphatic heterocycles. The molecule has 1 amide bonds. The third-order valence-electron chi connectivity index (χ3n) is 3.19. The highest BCUT2D eigenvalue weighted by molar-refractivity contribution is 6.33. The smallest absolute Gasteiger partial charge is 0.270 e. The van der Waals surface area contributed by atoms with Crippen LogP contribution < -0.4 is 5.32 Å². The van der Waals surface area contributed by atoms with Crippen LogP contribution >= 0.6 is 11.6 Å². The van der Waals surface area contributed by atoms with Crippen molar-refractivity contribution < 1.29 is 14.8 Å². The zero-order valence-corrected chi connectivity index (χ0v) is 12.6. The van der Waals surface area contributed by atoms with Gasteiger partial charge in [-0.3, -0.25) is 14.9 Å². The van der Waals surface area contributed by atoms with Gasteiger partial charge in [0.2, 0.25) is 0 Å². The van der Waals surface area contributed by atoms with Crippen LogP contribution in [0.4, 0.5) is 5.69 Å². The van der Waals surface area contributed by atoms with Gasteiger partial charge in [-0.25, -0.2) is 0 Å². The maximum atomic E-state index is 12.1. The summed E-state index contributed by atoms with van der Waals surface area (Å²) in [6, 6.07) is 3.76. The number of amides is 1. The number of benzene rings is 1. The summed E-state index contributed by atoms with van der Waals surface area (Å²) < 4.78 is 0. The number of nitrogens with one attached hydrogen (secondary N) is 1. The van der Waals surface area contributed by atoms with Crippen molar-refractivity contribution in [3.8, 4) is 0 Å². The van der Waals surface area contributed by atoms with Crippen molar-refractivity contribution in [2.45, 2.75) is 26.2 Å². The van der Waals surface area contributed by atoms with E-state index in [0.717, 1.165) is 12.8 Å². The van der Waals surface area contributed by atoms with E-state index in [1.54, 1.807) is 0 Å². The fourth-order valence-electron chi connectivity index (χ4n) is 2.07. The highest BCUT2D eigenvalue weighted by Crippen LogP contribution is 2.22. The minimum atomic E-state index is -0.571. The summed E-state index contributed by atoms with van der Waals surface area (Å²) in [7, 11) is 0. The Morgan fingerprint density at radius 2 is 2.19 bits per heavy atom. The number of nitro benzene ring substituents is 1. The van der Waals surface area contributed by atoms with Gasteiger partial charge in [-0.2, -0.15) is 0 Å². The molecule has 1 atom stereocenters. The first-order valence-electron chi connectivity index (χ1n) is 6.82. The summed E-state index contributed by atoms with van der Waals surface area (Å²) in [6.07, 6.45) is 2.46. The van der Waals surface area contributed by atoms with E-state index in [1.165, 1.54) is 18.2 Å². The summed E-state index contributed by atoms with van der Waals surface area (Å²) in [5, 5.41) is 22.6. The largest absolute Gasteiger partial charge is 0.396 e. The second-order valence-corrected chi connectivity index (χ2v) is 5.21. The van der Waals surface area contributed by atoms with Crippen molar-refractivity contribution in [1.29, 1.82) is 0 Å². The second kappa shape index (κ2) is 8.59. The number of halogens is 1. The summed E-state index contributed by atoms with van der Waals surface area (Å²) in [5.41, 5.74) is -0.0878. The van der Waals surface area contributed by atoms with Crippen molar-refractivity contribution in [2.24, 2.45) is 5.92 Å². The van der Waals surface area contributed by atoms with E-state index < -0.39 is 10.8 Å². The van der Waals surface area contributed by atoms with Gasteiger partial charge in [0.05, 0.1) is 15.5 Å². The van der Waals surface area contributed by atoms with Crippen LogP contribution in [0, 0.1) is 16.0 Å². The van der Waals surface area contributed by atoms with Crippen molar-refractivity contribution in [2.75, 3.05) is 13.2 Å². The highest BCUT2D eigenvalue weighted by Gasteiger charge is 2.17. The molecule has 0 aliphatic rings. The van der Waals surface area contributed by atoms with Crippen LogP contribution in [0.25, 0.3) is 0 Å². The van der Waals surface area contributed by atoms with E-state index in [0.29, 0.717) is 13.0 Å². The lowest BCUT2D eigenvalue weighted by molar-refractivity contribution is -0.384. The topological polar surface area (TPSA) is 92.5 Å². The van der Waals surface area contributed by atoms with Gasteiger partial charge in [0.1, 0.15) is 0 Å². The third kappa shape index (κ3) is 5.32. The Labute approximate surface area is 128 Å². The number of aliphatic hydroxyl groups excluding tert-OH is 1. The molecule has 2 N–H and O–H groups in total. The lowest BCUT2D eigenvalue weighted by Gasteiger charge is -2.15. The average Bonchev–Trinajstić information content (AvgIpc) is 2.45. The number of carbonyl (C=O) groups is 1. The van der Waals surface area contributed by atoms with Crippen LogP contribution in [0.3, 0.4) is 0 Å². The Kier molecular flexibility index (Phi) is 7.11. The standard InChI is InChI=1S/C14H19ClN2O4/c1-2-3-10(6-7-18)9-16-14(19)12-8-11(17(20)21)4-5-13(12)15/h4-5,8,10,18H,2-3,6-7,9H2,1H3,(H,16,19). The molecular formula is C14H19ClN2O4. The number of nitro groups is 1. The van der Waals surface area contributed by atoms with Gasteiger partial charge in [-0.15, -0.1) is 0 Å². The first kappa shape index (κ1) is 17.4. The number of nitrogens with zero attached hydrogens (tertiary/aromatic N) is 1. The number of hydrogen-bond donors (Lipinski definition) is 2. The lowest BCUT2D eigenvalue weighted by atomic mass is 10.00. The van der Waals surface area contributed by atoms with Gasteiger partial charge in [0.15, 0.2) is 0 Å². The molecule has 0 spiro atoms. The van der Waals surface area contributed by atoms with Crippen LogP contribution in [0.2, 0.25) is 5.02 Å². The lowest BCUT2D eigenvalue weighted by Crippen LogP contribution is -2.30. The van der Waals surface area contributed by atoms with Crippen molar-refractivity contribution in [3.63, 3.8) is 0 Å². The van der Waals surface area contributed by atoms with Crippen molar-refractivity contribution in [3.05, 3.63) is 38.9 Å². The molecule has 0 heterocycles. The number of aliphatic hydroxyl groups is 1. The quantitative estimate of drug-likeness (QED) is 0.570. The molecule has 6 nitrogen and oxygen atoms in total. The molecular weight excluding hydrogens is 296 g/mol. The monoisotopic (exact) mass is 314 g/mol. The molecule has 1 rings (SSSR count). The second-order valence-electron chi connectivity index (χ2n) is 4.80. The van der Waals surface area contributed by atoms with Crippen molar-refractivity contribution >= 4 is 23.2 Å². The zero-order valence-electron chi connectivity index (χ0n) is 11.8. The van der Waals surface area contributed by atoms with E-state index in [2.05, 4.69) is 5.32 Å². The van der Waals surface area contributed by atoms with Gasteiger partial charge in [0.25, 0.3) is 11.6 Å². The Balaban J connectivity index is 2.74. The highest BCUT2D eigenvalue weighted by atomic mass is 35.5. The van der Waals surface area contributed by atoms with Crippen LogP contribution in [-0.2, 0) is 0 Å². The number of rotatable bonds is 8. The maximum Gasteiger partial charge on any atom is 0.270 e. The number of hydrogen-bond acceptors (Lipinski definition) is 4. The minimum absolute atomic E-state index is 0.0676. The molecule has 1 unspecified atom stereocenters. The summed E-state index contributed by atoms with van der Waals surface area (Å²) in [4.78, 5) is 22.2. The van der Waals surface area contributed by atoms with Crippen LogP contribution in [-0.4, -0.2) is 29.1 Å². The third-order valence-corrected chi connectivity index (χ3v) is 3.52.